The fourth-order valence-electron chi connectivity index (χ4n) is 4.33. The van der Waals surface area contributed by atoms with Crippen LogP contribution in [0.2, 0.25) is 0 Å². The van der Waals surface area contributed by atoms with Gasteiger partial charge in [0.05, 0.1) is 5.60 Å². The van der Waals surface area contributed by atoms with Gasteiger partial charge in [-0.2, -0.15) is 0 Å². The van der Waals surface area contributed by atoms with Gasteiger partial charge in [-0.25, -0.2) is 0 Å². The minimum Gasteiger partial charge on any atom is -0.481 e. The number of carbonyl (C=O) groups excluding carboxylic acids is 1. The van der Waals surface area contributed by atoms with Crippen LogP contribution in [-0.2, 0) is 16.8 Å². The Morgan fingerprint density at radius 1 is 0.903 bits per heavy atom. The van der Waals surface area contributed by atoms with E-state index in [1.807, 2.05) is 71.6 Å². The molecule has 0 unspecified atom stereocenters. The van der Waals surface area contributed by atoms with E-state index in [0.29, 0.717) is 44.3 Å². The summed E-state index contributed by atoms with van der Waals surface area (Å²) in [6.07, 6.45) is 2.34. The summed E-state index contributed by atoms with van der Waals surface area (Å²) >= 11 is 0. The number of amides is 1. The second-order valence-corrected chi connectivity index (χ2v) is 8.33. The summed E-state index contributed by atoms with van der Waals surface area (Å²) in [5, 5.41) is 22.2. The van der Waals surface area contributed by atoms with Crippen molar-refractivity contribution in [2.45, 2.75) is 37.7 Å². The third-order valence-corrected chi connectivity index (χ3v) is 6.19. The molecule has 0 radical (unpaired) electrons. The molecule has 160 valence electrons. The first-order valence-corrected chi connectivity index (χ1v) is 10.8. The van der Waals surface area contributed by atoms with Crippen molar-refractivity contribution in [2.75, 3.05) is 13.1 Å². The van der Waals surface area contributed by atoms with Crippen LogP contribution in [0.1, 0.15) is 47.2 Å². The number of likely N-dealkylation sites (tertiary alicyclic amines) is 1. The zero-order chi connectivity index (χ0) is 21.8. The number of aliphatic carboxylic acids is 1. The largest absolute Gasteiger partial charge is 0.481 e. The fraction of sp³-hybridized carbons (Fsp3) is 0.308. The quantitative estimate of drug-likeness (QED) is 0.624. The summed E-state index contributed by atoms with van der Waals surface area (Å²) in [6, 6.07) is 21.5. The lowest BCUT2D eigenvalue weighted by Crippen LogP contribution is -2.45. The van der Waals surface area contributed by atoms with Crippen LogP contribution >= 0.6 is 0 Å². The van der Waals surface area contributed by atoms with Gasteiger partial charge in [0, 0.05) is 25.1 Å². The van der Waals surface area contributed by atoms with E-state index < -0.39 is 11.6 Å². The molecule has 0 bridgehead atoms. The maximum Gasteiger partial charge on any atom is 0.303 e. The van der Waals surface area contributed by atoms with Gasteiger partial charge in [0.2, 0.25) is 0 Å². The smallest absolute Gasteiger partial charge is 0.303 e. The summed E-state index contributed by atoms with van der Waals surface area (Å²) in [4.78, 5) is 25.6. The molecule has 0 atom stereocenters. The highest BCUT2D eigenvalue weighted by Crippen LogP contribution is 2.34. The summed E-state index contributed by atoms with van der Waals surface area (Å²) in [5.41, 5.74) is 1.58. The standard InChI is InChI=1S/C26H27NO4/c28-24(29)10-4-6-19-5-3-9-23(17-19)26(31)13-15-27(16-14-26)25(30)22-12-11-20-7-1-2-8-21(20)18-22/h1-3,5,7-9,11-12,17-18,31H,4,6,10,13-16H2,(H,28,29). The van der Waals surface area contributed by atoms with E-state index in [9.17, 15) is 14.7 Å². The number of fused-ring (bicyclic) bond motifs is 1. The zero-order valence-corrected chi connectivity index (χ0v) is 17.5. The lowest BCUT2D eigenvalue weighted by molar-refractivity contribution is -0.137. The highest BCUT2D eigenvalue weighted by Gasteiger charge is 2.35. The number of benzene rings is 3. The topological polar surface area (TPSA) is 77.8 Å². The van der Waals surface area contributed by atoms with Crippen LogP contribution in [0.5, 0.6) is 0 Å². The Balaban J connectivity index is 1.42. The lowest BCUT2D eigenvalue weighted by Gasteiger charge is -2.38. The van der Waals surface area contributed by atoms with Gasteiger partial charge in [-0.05, 0) is 59.7 Å². The summed E-state index contributed by atoms with van der Waals surface area (Å²) in [6.45, 7) is 0.983. The van der Waals surface area contributed by atoms with E-state index in [0.717, 1.165) is 21.9 Å². The summed E-state index contributed by atoms with van der Waals surface area (Å²) in [7, 11) is 0. The first-order chi connectivity index (χ1) is 14.9. The highest BCUT2D eigenvalue weighted by atomic mass is 16.4. The molecule has 0 spiro atoms. The molecule has 0 aromatic heterocycles. The molecule has 2 N–H and O–H groups in total. The molecule has 5 nitrogen and oxygen atoms in total. The van der Waals surface area contributed by atoms with Gasteiger partial charge in [-0.3, -0.25) is 9.59 Å². The average Bonchev–Trinajstić information content (AvgIpc) is 2.79. The van der Waals surface area contributed by atoms with Crippen molar-refractivity contribution in [1.82, 2.24) is 4.90 Å². The molecule has 3 aromatic carbocycles. The van der Waals surface area contributed by atoms with Crippen molar-refractivity contribution < 1.29 is 19.8 Å². The Labute approximate surface area is 181 Å². The van der Waals surface area contributed by atoms with Crippen molar-refractivity contribution >= 4 is 22.6 Å². The van der Waals surface area contributed by atoms with Crippen LogP contribution in [0.15, 0.2) is 66.7 Å². The van der Waals surface area contributed by atoms with E-state index in [1.165, 1.54) is 0 Å². The van der Waals surface area contributed by atoms with Gasteiger partial charge in [-0.1, -0.05) is 54.6 Å². The molecule has 5 heteroatoms. The summed E-state index contributed by atoms with van der Waals surface area (Å²) < 4.78 is 0. The molecular weight excluding hydrogens is 390 g/mol. The maximum absolute atomic E-state index is 13.0. The Kier molecular flexibility index (Phi) is 6.05. The van der Waals surface area contributed by atoms with Crippen LogP contribution < -0.4 is 0 Å². The van der Waals surface area contributed by atoms with Gasteiger partial charge in [0.25, 0.3) is 5.91 Å². The van der Waals surface area contributed by atoms with E-state index in [2.05, 4.69) is 0 Å². The number of carbonyl (C=O) groups is 2. The number of carboxylic acids is 1. The van der Waals surface area contributed by atoms with Crippen molar-refractivity contribution in [1.29, 1.82) is 0 Å². The Hall–Kier alpha value is -3.18. The first kappa shape index (κ1) is 21.1. The van der Waals surface area contributed by atoms with E-state index in [1.54, 1.807) is 0 Å². The molecule has 1 heterocycles. The number of hydrogen-bond acceptors (Lipinski definition) is 3. The Morgan fingerprint density at radius 3 is 2.39 bits per heavy atom. The molecule has 1 saturated heterocycles. The van der Waals surface area contributed by atoms with Gasteiger partial charge in [-0.15, -0.1) is 0 Å². The van der Waals surface area contributed by atoms with Gasteiger partial charge in [0.15, 0.2) is 0 Å². The van der Waals surface area contributed by atoms with Gasteiger partial charge >= 0.3 is 5.97 Å². The normalized spacial score (nSPS) is 15.7. The van der Waals surface area contributed by atoms with E-state index in [-0.39, 0.29) is 12.3 Å². The van der Waals surface area contributed by atoms with Crippen molar-refractivity contribution in [2.24, 2.45) is 0 Å². The minimum atomic E-state index is -0.969. The predicted octanol–water partition coefficient (Wildman–Crippen LogP) is 4.37. The molecule has 0 aliphatic carbocycles. The molecule has 1 fully saturated rings. The third kappa shape index (κ3) is 4.78. The second kappa shape index (κ2) is 8.90. The second-order valence-electron chi connectivity index (χ2n) is 8.33. The molecule has 0 saturated carbocycles. The Bertz CT molecular complexity index is 1100. The molecular formula is C26H27NO4. The zero-order valence-electron chi connectivity index (χ0n) is 17.5. The number of aliphatic hydroxyl groups is 1. The number of nitrogens with zero attached hydrogens (tertiary/aromatic N) is 1. The predicted molar refractivity (Wildman–Crippen MR) is 120 cm³/mol. The lowest BCUT2D eigenvalue weighted by atomic mass is 9.83. The molecule has 1 aliphatic rings. The van der Waals surface area contributed by atoms with Crippen molar-refractivity contribution in [3.8, 4) is 0 Å². The minimum absolute atomic E-state index is 0.00442. The molecule has 31 heavy (non-hydrogen) atoms. The van der Waals surface area contributed by atoms with Crippen molar-refractivity contribution in [3.05, 3.63) is 83.4 Å². The third-order valence-electron chi connectivity index (χ3n) is 6.19. The van der Waals surface area contributed by atoms with Crippen LogP contribution in [0.3, 0.4) is 0 Å². The molecule has 3 aromatic rings. The fourth-order valence-corrected chi connectivity index (χ4v) is 4.33. The first-order valence-electron chi connectivity index (χ1n) is 10.8. The number of carboxylic acid groups (broad SMARTS) is 1. The number of piperidine rings is 1. The molecule has 4 rings (SSSR count). The van der Waals surface area contributed by atoms with Gasteiger partial charge < -0.3 is 15.1 Å². The highest BCUT2D eigenvalue weighted by molar-refractivity contribution is 5.98. The average molecular weight is 418 g/mol. The van der Waals surface area contributed by atoms with Gasteiger partial charge in [0.1, 0.15) is 0 Å². The number of aryl methyl sites for hydroxylation is 1. The van der Waals surface area contributed by atoms with Crippen LogP contribution in [-0.4, -0.2) is 40.1 Å². The molecule has 1 aliphatic heterocycles. The van der Waals surface area contributed by atoms with Crippen LogP contribution in [0.25, 0.3) is 10.8 Å². The maximum atomic E-state index is 13.0. The van der Waals surface area contributed by atoms with E-state index in [4.69, 9.17) is 5.11 Å². The molecule has 1 amide bonds. The van der Waals surface area contributed by atoms with Crippen molar-refractivity contribution in [3.63, 3.8) is 0 Å². The number of hydrogen-bond donors (Lipinski definition) is 2. The Morgan fingerprint density at radius 2 is 1.65 bits per heavy atom. The number of rotatable bonds is 6. The summed E-state index contributed by atoms with van der Waals surface area (Å²) in [5.74, 6) is -0.798. The SMILES string of the molecule is O=C(O)CCCc1cccc(C2(O)CCN(C(=O)c3ccc4ccccc4c3)CC2)c1. The monoisotopic (exact) mass is 417 g/mol. The van der Waals surface area contributed by atoms with E-state index >= 15 is 0 Å². The van der Waals surface area contributed by atoms with Crippen LogP contribution in [0, 0.1) is 0 Å². The van der Waals surface area contributed by atoms with Crippen LogP contribution in [0.4, 0.5) is 0 Å².